The van der Waals surface area contributed by atoms with Crippen LogP contribution >= 0.6 is 0 Å². The third kappa shape index (κ3) is 3.23. The molecule has 2 heterocycles. The smallest absolute Gasteiger partial charge is 0.194 e. The van der Waals surface area contributed by atoms with Gasteiger partial charge in [0, 0.05) is 30.3 Å². The Kier molecular flexibility index (Phi) is 5.24. The van der Waals surface area contributed by atoms with Gasteiger partial charge >= 0.3 is 0 Å². The normalized spacial score (nSPS) is 20.1. The number of phenols is 2. The number of hydrogen-bond donors (Lipinski definition) is 4. The number of ketones is 3. The number of aromatic nitrogens is 2. The summed E-state index contributed by atoms with van der Waals surface area (Å²) in [7, 11) is 0. The van der Waals surface area contributed by atoms with Gasteiger partial charge in [-0.05, 0) is 39.8 Å². The zero-order chi connectivity index (χ0) is 25.9. The molecule has 0 unspecified atom stereocenters. The summed E-state index contributed by atoms with van der Waals surface area (Å²) in [6.45, 7) is 6.31. The molecule has 9 nitrogen and oxygen atoms in total. The van der Waals surface area contributed by atoms with Crippen molar-refractivity contribution in [1.29, 1.82) is 0 Å². The number of nitrogens with zero attached hydrogens (tertiary/aromatic N) is 1. The largest absolute Gasteiger partial charge is 0.507 e. The highest BCUT2D eigenvalue weighted by molar-refractivity contribution is 6.31. The molecule has 1 aromatic heterocycles. The molecule has 1 aliphatic carbocycles. The van der Waals surface area contributed by atoms with Gasteiger partial charge in [-0.15, -0.1) is 0 Å². The molecule has 0 bridgehead atoms. The van der Waals surface area contributed by atoms with Crippen LogP contribution in [0.1, 0.15) is 48.1 Å². The number of carbonyl (C=O) groups is 3. The zero-order valence-electron chi connectivity index (χ0n) is 20.3. The Morgan fingerprint density at radius 3 is 2.58 bits per heavy atom. The molecule has 0 saturated carbocycles. The molecule has 2 aliphatic rings. The standard InChI is InChI=1S/C27H25N3O6/c1-12-23(33)21(14(3)31)25-22(24(12)34)27(4)18(36-25)11-17(32)20(26(27)35)13(2)28-10-9-19-29-15-7-5-6-8-16(15)30-19/h5-8,11,28,33-34H,9-10H2,1-4H3,(H,29,30)/t27-/m0/s1. The van der Waals surface area contributed by atoms with Gasteiger partial charge in [-0.1, -0.05) is 12.1 Å². The number of rotatable bonds is 5. The first-order valence-corrected chi connectivity index (χ1v) is 11.5. The van der Waals surface area contributed by atoms with E-state index in [4.69, 9.17) is 4.74 Å². The van der Waals surface area contributed by atoms with Crippen molar-refractivity contribution in [2.24, 2.45) is 0 Å². The van der Waals surface area contributed by atoms with E-state index in [9.17, 15) is 24.6 Å². The first kappa shape index (κ1) is 23.3. The van der Waals surface area contributed by atoms with E-state index in [-0.39, 0.29) is 39.5 Å². The number of aromatic amines is 1. The molecule has 0 saturated heterocycles. The van der Waals surface area contributed by atoms with Crippen molar-refractivity contribution >= 4 is 28.4 Å². The van der Waals surface area contributed by atoms with E-state index < -0.39 is 28.5 Å². The van der Waals surface area contributed by atoms with E-state index in [2.05, 4.69) is 15.3 Å². The number of carbonyl (C=O) groups excluding carboxylic acids is 3. The molecule has 0 amide bonds. The van der Waals surface area contributed by atoms with Crippen LogP contribution in [0, 0.1) is 6.92 Å². The molecule has 0 fully saturated rings. The van der Waals surface area contributed by atoms with Gasteiger partial charge in [0.1, 0.15) is 39.8 Å². The maximum atomic E-state index is 13.8. The number of Topliss-reactive ketones (excluding diaryl/α,β-unsaturated/α-hetero) is 2. The van der Waals surface area contributed by atoms with E-state index in [0.717, 1.165) is 16.9 Å². The third-order valence-electron chi connectivity index (χ3n) is 6.95. The van der Waals surface area contributed by atoms with Gasteiger partial charge in [0.2, 0.25) is 0 Å². The van der Waals surface area contributed by atoms with Gasteiger partial charge in [0.05, 0.1) is 22.2 Å². The average Bonchev–Trinajstić information content (AvgIpc) is 3.36. The minimum atomic E-state index is -1.53. The van der Waals surface area contributed by atoms with Crippen LogP contribution in [0.25, 0.3) is 11.0 Å². The number of imidazole rings is 1. The van der Waals surface area contributed by atoms with E-state index in [1.54, 1.807) is 13.8 Å². The number of phenolic OH excluding ortho intramolecular Hbond substituents is 2. The van der Waals surface area contributed by atoms with Crippen molar-refractivity contribution in [2.45, 2.75) is 39.5 Å². The summed E-state index contributed by atoms with van der Waals surface area (Å²) < 4.78 is 5.78. The number of ether oxygens (including phenoxy) is 1. The summed E-state index contributed by atoms with van der Waals surface area (Å²) in [4.78, 5) is 46.9. The number of benzene rings is 2. The van der Waals surface area contributed by atoms with Gasteiger partial charge in [0.25, 0.3) is 0 Å². The van der Waals surface area contributed by atoms with Gasteiger partial charge < -0.3 is 25.3 Å². The maximum absolute atomic E-state index is 13.8. The molecule has 5 rings (SSSR count). The van der Waals surface area contributed by atoms with Crippen LogP contribution in [0.5, 0.6) is 17.2 Å². The monoisotopic (exact) mass is 487 g/mol. The number of nitrogens with one attached hydrogen (secondary N) is 2. The molecular formula is C27H25N3O6. The van der Waals surface area contributed by atoms with E-state index in [0.29, 0.717) is 18.7 Å². The van der Waals surface area contributed by atoms with Crippen LogP contribution in [0.3, 0.4) is 0 Å². The Labute approximate surface area is 206 Å². The van der Waals surface area contributed by atoms with Crippen LogP contribution in [-0.2, 0) is 21.4 Å². The molecule has 1 aliphatic heterocycles. The summed E-state index contributed by atoms with van der Waals surface area (Å²) in [6.07, 6.45) is 1.74. The van der Waals surface area contributed by atoms with Crippen molar-refractivity contribution in [1.82, 2.24) is 15.3 Å². The Morgan fingerprint density at radius 2 is 1.89 bits per heavy atom. The van der Waals surface area contributed by atoms with Crippen molar-refractivity contribution in [3.8, 4) is 17.2 Å². The van der Waals surface area contributed by atoms with Gasteiger partial charge in [0.15, 0.2) is 17.3 Å². The fourth-order valence-corrected chi connectivity index (χ4v) is 4.94. The molecule has 0 spiro atoms. The highest BCUT2D eigenvalue weighted by atomic mass is 16.5. The molecule has 2 aromatic carbocycles. The van der Waals surface area contributed by atoms with Crippen LogP contribution in [-0.4, -0.2) is 44.1 Å². The second-order valence-electron chi connectivity index (χ2n) is 9.26. The van der Waals surface area contributed by atoms with Gasteiger partial charge in [-0.3, -0.25) is 14.4 Å². The lowest BCUT2D eigenvalue weighted by Crippen LogP contribution is -2.41. The Morgan fingerprint density at radius 1 is 1.17 bits per heavy atom. The van der Waals surface area contributed by atoms with E-state index >= 15 is 0 Å². The van der Waals surface area contributed by atoms with Crippen LogP contribution in [0.15, 0.2) is 47.4 Å². The summed E-state index contributed by atoms with van der Waals surface area (Å²) in [5, 5.41) is 24.5. The summed E-state index contributed by atoms with van der Waals surface area (Å²) >= 11 is 0. The van der Waals surface area contributed by atoms with Crippen LogP contribution in [0.2, 0.25) is 0 Å². The first-order chi connectivity index (χ1) is 17.1. The fourth-order valence-electron chi connectivity index (χ4n) is 4.94. The van der Waals surface area contributed by atoms with Crippen LogP contribution < -0.4 is 10.1 Å². The Bertz CT molecular complexity index is 1530. The maximum Gasteiger partial charge on any atom is 0.194 e. The second-order valence-corrected chi connectivity index (χ2v) is 9.26. The Balaban J connectivity index is 1.49. The lowest BCUT2D eigenvalue weighted by Gasteiger charge is -2.29. The number of allylic oxidation sites excluding steroid dienone is 4. The average molecular weight is 488 g/mol. The topological polar surface area (TPSA) is 142 Å². The number of aromatic hydroxyl groups is 2. The van der Waals surface area contributed by atoms with Crippen LogP contribution in [0.4, 0.5) is 0 Å². The van der Waals surface area contributed by atoms with Gasteiger partial charge in [-0.2, -0.15) is 0 Å². The Hall–Kier alpha value is -4.40. The molecule has 1 atom stereocenters. The lowest BCUT2D eigenvalue weighted by atomic mass is 9.70. The highest BCUT2D eigenvalue weighted by Gasteiger charge is 2.56. The van der Waals surface area contributed by atoms with Crippen molar-refractivity contribution < 1.29 is 29.3 Å². The molecule has 36 heavy (non-hydrogen) atoms. The van der Waals surface area contributed by atoms with E-state index in [1.165, 1.54) is 19.9 Å². The second kappa shape index (κ2) is 8.08. The minimum absolute atomic E-state index is 0.00845. The third-order valence-corrected chi connectivity index (χ3v) is 6.95. The molecule has 3 aromatic rings. The van der Waals surface area contributed by atoms with Crippen molar-refractivity contribution in [3.05, 3.63) is 69.9 Å². The first-order valence-electron chi connectivity index (χ1n) is 11.5. The SMILES string of the molecule is CC(=O)c1c(O)c(C)c(O)c2c1OC1=CC(=O)C(=C(C)NCCc3nc4ccccc4[nH]3)C(=O)[C@@]12C. The highest BCUT2D eigenvalue weighted by Crippen LogP contribution is 2.57. The molecule has 4 N–H and O–H groups in total. The van der Waals surface area contributed by atoms with Crippen molar-refractivity contribution in [3.63, 3.8) is 0 Å². The number of H-pyrrole nitrogens is 1. The molecule has 0 radical (unpaired) electrons. The molecule has 184 valence electrons. The lowest BCUT2D eigenvalue weighted by molar-refractivity contribution is -0.123. The molecular weight excluding hydrogens is 462 g/mol. The summed E-state index contributed by atoms with van der Waals surface area (Å²) in [5.74, 6) is -1.69. The number of para-hydroxylation sites is 2. The predicted octanol–water partition coefficient (Wildman–Crippen LogP) is 3.28. The fraction of sp³-hybridized carbons (Fsp3) is 0.259. The van der Waals surface area contributed by atoms with E-state index in [1.807, 2.05) is 24.3 Å². The number of fused-ring (bicyclic) bond motifs is 4. The quantitative estimate of drug-likeness (QED) is 0.244. The predicted molar refractivity (Wildman–Crippen MR) is 131 cm³/mol. The van der Waals surface area contributed by atoms with Gasteiger partial charge in [-0.25, -0.2) is 4.98 Å². The molecule has 9 heteroatoms. The summed E-state index contributed by atoms with van der Waals surface area (Å²) in [5.41, 5.74) is 0.564. The van der Waals surface area contributed by atoms with Crippen molar-refractivity contribution in [2.75, 3.05) is 6.54 Å². The zero-order valence-corrected chi connectivity index (χ0v) is 20.3. The summed E-state index contributed by atoms with van der Waals surface area (Å²) in [6, 6.07) is 7.68. The number of hydrogen-bond acceptors (Lipinski definition) is 8. The minimum Gasteiger partial charge on any atom is -0.507 e.